The number of aryl methyl sites for hydroxylation is 2. The van der Waals surface area contributed by atoms with Crippen molar-refractivity contribution in [3.8, 4) is 17.1 Å². The number of ether oxygens (including phenoxy) is 1. The Balaban J connectivity index is 1.95. The Morgan fingerprint density at radius 1 is 1.30 bits per heavy atom. The molecule has 0 aliphatic rings. The number of nitrogens with zero attached hydrogens (tertiary/aromatic N) is 6. The quantitative estimate of drug-likeness (QED) is 0.635. The predicted octanol–water partition coefficient (Wildman–Crippen LogP) is 0.889. The Bertz CT molecular complexity index is 1060. The van der Waals surface area contributed by atoms with Crippen LogP contribution in [0.2, 0.25) is 0 Å². The molecule has 144 valence electrons. The van der Waals surface area contributed by atoms with Gasteiger partial charge in [-0.2, -0.15) is 5.10 Å². The van der Waals surface area contributed by atoms with Crippen LogP contribution in [0, 0.1) is 6.92 Å². The van der Waals surface area contributed by atoms with Gasteiger partial charge in [-0.25, -0.2) is 17.8 Å². The van der Waals surface area contributed by atoms with Crippen LogP contribution in [0.1, 0.15) is 18.2 Å². The summed E-state index contributed by atoms with van der Waals surface area (Å²) in [5.41, 5.74) is 2.27. The SMILES string of the molecule is CCn1nnnc1-c1ccc(OC)c(S(=O)(=O)NCc2cnn(C)c2C)c1. The number of hydrogen-bond acceptors (Lipinski definition) is 7. The summed E-state index contributed by atoms with van der Waals surface area (Å²) in [6, 6.07) is 4.82. The van der Waals surface area contributed by atoms with Gasteiger partial charge in [-0.3, -0.25) is 4.68 Å². The van der Waals surface area contributed by atoms with E-state index in [0.717, 1.165) is 11.3 Å². The first kappa shape index (κ1) is 19.0. The minimum atomic E-state index is -3.83. The van der Waals surface area contributed by atoms with Crippen molar-refractivity contribution >= 4 is 10.0 Å². The molecule has 0 radical (unpaired) electrons. The molecule has 1 aromatic carbocycles. The Labute approximate surface area is 157 Å². The molecule has 0 atom stereocenters. The highest BCUT2D eigenvalue weighted by molar-refractivity contribution is 7.89. The first-order chi connectivity index (χ1) is 12.9. The second kappa shape index (κ2) is 7.45. The Morgan fingerprint density at radius 3 is 2.70 bits per heavy atom. The van der Waals surface area contributed by atoms with Gasteiger partial charge in [0.15, 0.2) is 5.82 Å². The number of benzene rings is 1. The van der Waals surface area contributed by atoms with Crippen molar-refractivity contribution in [1.29, 1.82) is 0 Å². The lowest BCUT2D eigenvalue weighted by atomic mass is 10.2. The lowest BCUT2D eigenvalue weighted by Crippen LogP contribution is -2.24. The summed E-state index contributed by atoms with van der Waals surface area (Å²) in [7, 11) is -0.602. The standard InChI is InChI=1S/C16H21N7O3S/c1-5-23-16(19-20-21-23)12-6-7-14(26-4)15(8-12)27(24,25)18-10-13-9-17-22(3)11(13)2/h6-9,18H,5,10H2,1-4H3. The molecule has 0 spiro atoms. The number of rotatable bonds is 7. The van der Waals surface area contributed by atoms with Gasteiger partial charge < -0.3 is 4.74 Å². The average Bonchev–Trinajstić information content (AvgIpc) is 3.27. The molecule has 0 saturated heterocycles. The number of methoxy groups -OCH3 is 1. The van der Waals surface area contributed by atoms with Crippen LogP contribution in [0.25, 0.3) is 11.4 Å². The van der Waals surface area contributed by atoms with E-state index in [1.165, 1.54) is 13.2 Å². The van der Waals surface area contributed by atoms with Gasteiger partial charge in [0, 0.05) is 37.0 Å². The van der Waals surface area contributed by atoms with Gasteiger partial charge in [-0.15, -0.1) is 5.10 Å². The molecule has 0 unspecified atom stereocenters. The molecule has 0 bridgehead atoms. The fourth-order valence-electron chi connectivity index (χ4n) is 2.62. The van der Waals surface area contributed by atoms with Crippen LogP contribution in [0.5, 0.6) is 5.75 Å². The molecule has 0 saturated carbocycles. The van der Waals surface area contributed by atoms with Gasteiger partial charge in [-0.1, -0.05) is 0 Å². The Kier molecular flexibility index (Phi) is 5.24. The molecule has 0 aliphatic carbocycles. The zero-order valence-corrected chi connectivity index (χ0v) is 16.4. The monoisotopic (exact) mass is 391 g/mol. The molecule has 0 amide bonds. The highest BCUT2D eigenvalue weighted by atomic mass is 32.2. The van der Waals surface area contributed by atoms with E-state index in [0.29, 0.717) is 17.9 Å². The second-order valence-electron chi connectivity index (χ2n) is 5.89. The molecule has 27 heavy (non-hydrogen) atoms. The minimum Gasteiger partial charge on any atom is -0.495 e. The zero-order chi connectivity index (χ0) is 19.6. The van der Waals surface area contributed by atoms with E-state index in [2.05, 4.69) is 25.3 Å². The fraction of sp³-hybridized carbons (Fsp3) is 0.375. The summed E-state index contributed by atoms with van der Waals surface area (Å²) in [6.07, 6.45) is 1.64. The lowest BCUT2D eigenvalue weighted by molar-refractivity contribution is 0.402. The van der Waals surface area contributed by atoms with Crippen molar-refractivity contribution in [3.63, 3.8) is 0 Å². The normalized spacial score (nSPS) is 11.7. The van der Waals surface area contributed by atoms with Crippen LogP contribution < -0.4 is 9.46 Å². The van der Waals surface area contributed by atoms with Gasteiger partial charge in [0.2, 0.25) is 10.0 Å². The Morgan fingerprint density at radius 2 is 2.07 bits per heavy atom. The smallest absolute Gasteiger partial charge is 0.244 e. The zero-order valence-electron chi connectivity index (χ0n) is 15.5. The van der Waals surface area contributed by atoms with Gasteiger partial charge >= 0.3 is 0 Å². The van der Waals surface area contributed by atoms with Crippen LogP contribution in [0.4, 0.5) is 0 Å². The molecule has 11 heteroatoms. The number of sulfonamides is 1. The minimum absolute atomic E-state index is 0.0229. The van der Waals surface area contributed by atoms with E-state index >= 15 is 0 Å². The van der Waals surface area contributed by atoms with Crippen molar-refractivity contribution < 1.29 is 13.2 Å². The van der Waals surface area contributed by atoms with Crippen molar-refractivity contribution in [2.45, 2.75) is 31.8 Å². The van der Waals surface area contributed by atoms with E-state index < -0.39 is 10.0 Å². The molecular formula is C16H21N7O3S. The third kappa shape index (κ3) is 3.69. The summed E-state index contributed by atoms with van der Waals surface area (Å²) in [4.78, 5) is 0.0229. The molecule has 10 nitrogen and oxygen atoms in total. The van der Waals surface area contributed by atoms with Crippen LogP contribution in [0.15, 0.2) is 29.3 Å². The number of nitrogens with one attached hydrogen (secondary N) is 1. The molecule has 3 aromatic rings. The predicted molar refractivity (Wildman–Crippen MR) is 97.4 cm³/mol. The topological polar surface area (TPSA) is 117 Å². The van der Waals surface area contributed by atoms with Crippen molar-refractivity contribution in [1.82, 2.24) is 34.7 Å². The van der Waals surface area contributed by atoms with Gasteiger partial charge in [0.25, 0.3) is 0 Å². The maximum Gasteiger partial charge on any atom is 0.244 e. The summed E-state index contributed by atoms with van der Waals surface area (Å²) in [5.74, 6) is 0.726. The highest BCUT2D eigenvalue weighted by Crippen LogP contribution is 2.29. The molecule has 2 aromatic heterocycles. The summed E-state index contributed by atoms with van der Waals surface area (Å²) < 4.78 is 36.9. The number of tetrazole rings is 1. The Hall–Kier alpha value is -2.79. The number of hydrogen-bond donors (Lipinski definition) is 1. The third-order valence-electron chi connectivity index (χ3n) is 4.33. The largest absolute Gasteiger partial charge is 0.495 e. The van der Waals surface area contributed by atoms with E-state index in [4.69, 9.17) is 4.74 Å². The molecule has 0 fully saturated rings. The van der Waals surface area contributed by atoms with Crippen LogP contribution in [-0.2, 0) is 30.2 Å². The molecule has 0 aliphatic heterocycles. The van der Waals surface area contributed by atoms with Crippen molar-refractivity contribution in [3.05, 3.63) is 35.7 Å². The van der Waals surface area contributed by atoms with Crippen LogP contribution >= 0.6 is 0 Å². The van der Waals surface area contributed by atoms with E-state index in [1.807, 2.05) is 13.8 Å². The second-order valence-corrected chi connectivity index (χ2v) is 7.62. The molecule has 3 rings (SSSR count). The fourth-order valence-corrected chi connectivity index (χ4v) is 3.82. The average molecular weight is 391 g/mol. The maximum absolute atomic E-state index is 12.9. The van der Waals surface area contributed by atoms with Crippen molar-refractivity contribution in [2.24, 2.45) is 7.05 Å². The van der Waals surface area contributed by atoms with Crippen LogP contribution in [-0.4, -0.2) is 45.5 Å². The maximum atomic E-state index is 12.9. The first-order valence-corrected chi connectivity index (χ1v) is 9.77. The van der Waals surface area contributed by atoms with Crippen molar-refractivity contribution in [2.75, 3.05) is 7.11 Å². The molecule has 1 N–H and O–H groups in total. The number of aromatic nitrogens is 6. The molecular weight excluding hydrogens is 370 g/mol. The molecule has 2 heterocycles. The highest BCUT2D eigenvalue weighted by Gasteiger charge is 2.22. The summed E-state index contributed by atoms with van der Waals surface area (Å²) >= 11 is 0. The summed E-state index contributed by atoms with van der Waals surface area (Å²) in [5, 5.41) is 15.6. The van der Waals surface area contributed by atoms with Crippen LogP contribution in [0.3, 0.4) is 0 Å². The van der Waals surface area contributed by atoms with Gasteiger partial charge in [0.05, 0.1) is 13.3 Å². The van der Waals surface area contributed by atoms with Gasteiger partial charge in [0.1, 0.15) is 10.6 Å². The third-order valence-corrected chi connectivity index (χ3v) is 5.75. The van der Waals surface area contributed by atoms with Gasteiger partial charge in [-0.05, 0) is 42.5 Å². The van der Waals surface area contributed by atoms with E-state index in [9.17, 15) is 8.42 Å². The van der Waals surface area contributed by atoms with E-state index in [-0.39, 0.29) is 17.2 Å². The van der Waals surface area contributed by atoms with E-state index in [1.54, 1.807) is 34.7 Å². The summed E-state index contributed by atoms with van der Waals surface area (Å²) in [6.45, 7) is 4.47. The lowest BCUT2D eigenvalue weighted by Gasteiger charge is -2.12. The first-order valence-electron chi connectivity index (χ1n) is 8.29.